The molecule has 1 amide bonds. The summed E-state index contributed by atoms with van der Waals surface area (Å²) < 4.78 is 0. The molecular weight excluding hydrogens is 322 g/mol. The lowest BCUT2D eigenvalue weighted by Crippen LogP contribution is -2.18. The summed E-state index contributed by atoms with van der Waals surface area (Å²) in [6.07, 6.45) is 3.87. The number of pyridine rings is 1. The summed E-state index contributed by atoms with van der Waals surface area (Å²) in [5.41, 5.74) is 4.97. The van der Waals surface area contributed by atoms with Crippen LogP contribution in [0.2, 0.25) is 0 Å². The number of thiazole rings is 1. The summed E-state index contributed by atoms with van der Waals surface area (Å²) in [7, 11) is 0. The van der Waals surface area contributed by atoms with Gasteiger partial charge in [-0.25, -0.2) is 10.5 Å². The average molecular weight is 337 g/mol. The van der Waals surface area contributed by atoms with Crippen molar-refractivity contribution >= 4 is 17.2 Å². The van der Waals surface area contributed by atoms with E-state index >= 15 is 0 Å². The molecular formula is C18H15N3O2S. The predicted molar refractivity (Wildman–Crippen MR) is 91.1 cm³/mol. The van der Waals surface area contributed by atoms with Crippen molar-refractivity contribution in [3.63, 3.8) is 0 Å². The average Bonchev–Trinajstić information content (AvgIpc) is 3.31. The Bertz CT molecular complexity index is 871. The number of benzene rings is 1. The molecule has 0 unspecified atom stereocenters. The minimum atomic E-state index is -0.502. The second kappa shape index (κ2) is 5.81. The summed E-state index contributed by atoms with van der Waals surface area (Å²) in [5, 5.41) is 11.8. The van der Waals surface area contributed by atoms with Crippen molar-refractivity contribution in [2.75, 3.05) is 0 Å². The molecule has 4 rings (SSSR count). The molecule has 1 aliphatic rings. The van der Waals surface area contributed by atoms with Gasteiger partial charge >= 0.3 is 0 Å². The molecule has 1 fully saturated rings. The fourth-order valence-electron chi connectivity index (χ4n) is 2.88. The SMILES string of the molecule is O=C(NO)c1ccc(C2(c3nc(-c4ccccn4)cs3)CC2)cc1. The Hall–Kier alpha value is -2.57. The molecule has 5 nitrogen and oxygen atoms in total. The van der Waals surface area contributed by atoms with E-state index < -0.39 is 5.91 Å². The van der Waals surface area contributed by atoms with Gasteiger partial charge in [0.2, 0.25) is 0 Å². The highest BCUT2D eigenvalue weighted by Gasteiger charge is 2.48. The standard InChI is InChI=1S/C18H15N3O2S/c22-16(21-23)12-4-6-13(7-5-12)18(8-9-18)17-20-15(11-24-17)14-3-1-2-10-19-14/h1-7,10-11,23H,8-9H2,(H,21,22). The minimum absolute atomic E-state index is 0.0497. The van der Waals surface area contributed by atoms with Gasteiger partial charge in [0.05, 0.1) is 11.4 Å². The second-order valence-electron chi connectivity index (χ2n) is 5.85. The molecule has 0 bridgehead atoms. The molecule has 0 atom stereocenters. The van der Waals surface area contributed by atoms with Crippen LogP contribution in [-0.2, 0) is 5.41 Å². The molecule has 0 spiro atoms. The summed E-state index contributed by atoms with van der Waals surface area (Å²) in [6.45, 7) is 0. The lowest BCUT2D eigenvalue weighted by molar-refractivity contribution is 0.0706. The number of carbonyl (C=O) groups excluding carboxylic acids is 1. The topological polar surface area (TPSA) is 75.1 Å². The molecule has 24 heavy (non-hydrogen) atoms. The second-order valence-corrected chi connectivity index (χ2v) is 6.71. The number of hydrogen-bond acceptors (Lipinski definition) is 5. The van der Waals surface area contributed by atoms with Crippen molar-refractivity contribution in [3.8, 4) is 11.4 Å². The first-order chi connectivity index (χ1) is 11.7. The van der Waals surface area contributed by atoms with E-state index in [2.05, 4.69) is 4.98 Å². The third-order valence-electron chi connectivity index (χ3n) is 4.39. The van der Waals surface area contributed by atoms with Crippen molar-refractivity contribution in [2.24, 2.45) is 0 Å². The molecule has 1 aliphatic carbocycles. The Morgan fingerprint density at radius 2 is 1.92 bits per heavy atom. The van der Waals surface area contributed by atoms with Gasteiger partial charge < -0.3 is 0 Å². The number of nitrogens with one attached hydrogen (secondary N) is 1. The Balaban J connectivity index is 1.64. The largest absolute Gasteiger partial charge is 0.288 e. The summed E-state index contributed by atoms with van der Waals surface area (Å²) >= 11 is 1.65. The number of rotatable bonds is 4. The van der Waals surface area contributed by atoms with Gasteiger partial charge in [-0.05, 0) is 42.7 Å². The molecule has 2 aromatic heterocycles. The Labute approximate surface area is 143 Å². The zero-order valence-corrected chi connectivity index (χ0v) is 13.6. The molecule has 0 aliphatic heterocycles. The Morgan fingerprint density at radius 3 is 2.54 bits per heavy atom. The Morgan fingerprint density at radius 1 is 1.12 bits per heavy atom. The molecule has 0 radical (unpaired) electrons. The summed E-state index contributed by atoms with van der Waals surface area (Å²) in [6, 6.07) is 13.2. The third-order valence-corrected chi connectivity index (χ3v) is 5.44. The summed E-state index contributed by atoms with van der Waals surface area (Å²) in [4.78, 5) is 20.6. The van der Waals surface area contributed by atoms with Crippen molar-refractivity contribution in [1.29, 1.82) is 0 Å². The first-order valence-corrected chi connectivity index (χ1v) is 8.53. The van der Waals surface area contributed by atoms with Gasteiger partial charge in [-0.3, -0.25) is 15.0 Å². The van der Waals surface area contributed by atoms with E-state index in [4.69, 9.17) is 10.2 Å². The quantitative estimate of drug-likeness (QED) is 0.565. The summed E-state index contributed by atoms with van der Waals surface area (Å²) in [5.74, 6) is -0.502. The molecule has 3 aromatic rings. The molecule has 2 N–H and O–H groups in total. The van der Waals surface area contributed by atoms with Crippen molar-refractivity contribution in [2.45, 2.75) is 18.3 Å². The monoisotopic (exact) mass is 337 g/mol. The smallest absolute Gasteiger partial charge is 0.274 e. The van der Waals surface area contributed by atoms with Crippen LogP contribution in [0.4, 0.5) is 0 Å². The van der Waals surface area contributed by atoms with E-state index in [9.17, 15) is 4.79 Å². The number of aromatic nitrogens is 2. The maximum Gasteiger partial charge on any atom is 0.274 e. The van der Waals surface area contributed by atoms with Crippen molar-refractivity contribution < 1.29 is 10.0 Å². The van der Waals surface area contributed by atoms with Crippen molar-refractivity contribution in [3.05, 3.63) is 70.2 Å². The van der Waals surface area contributed by atoms with Gasteiger partial charge in [-0.2, -0.15) is 0 Å². The maximum absolute atomic E-state index is 11.4. The van der Waals surface area contributed by atoms with Crippen LogP contribution < -0.4 is 5.48 Å². The van der Waals surface area contributed by atoms with Gasteiger partial charge in [0.25, 0.3) is 5.91 Å². The van der Waals surface area contributed by atoms with Gasteiger partial charge in [0.15, 0.2) is 0 Å². The minimum Gasteiger partial charge on any atom is -0.288 e. The first kappa shape index (κ1) is 15.0. The molecule has 1 aromatic carbocycles. The van der Waals surface area contributed by atoms with E-state index in [1.54, 1.807) is 35.1 Å². The number of carbonyl (C=O) groups is 1. The number of hydroxylamine groups is 1. The van der Waals surface area contributed by atoms with Crippen LogP contribution in [0.25, 0.3) is 11.4 Å². The normalized spacial score (nSPS) is 15.0. The van der Waals surface area contributed by atoms with E-state index in [1.165, 1.54) is 0 Å². The van der Waals surface area contributed by atoms with Crippen LogP contribution in [0, 0.1) is 0 Å². The van der Waals surface area contributed by atoms with Gasteiger partial charge in [0.1, 0.15) is 5.01 Å². The molecule has 2 heterocycles. The van der Waals surface area contributed by atoms with Crippen LogP contribution >= 0.6 is 11.3 Å². The van der Waals surface area contributed by atoms with E-state index in [0.717, 1.165) is 34.8 Å². The van der Waals surface area contributed by atoms with Crippen LogP contribution in [0.15, 0.2) is 54.0 Å². The highest BCUT2D eigenvalue weighted by molar-refractivity contribution is 7.10. The number of hydrogen-bond donors (Lipinski definition) is 2. The van der Waals surface area contributed by atoms with Crippen LogP contribution in [-0.4, -0.2) is 21.1 Å². The van der Waals surface area contributed by atoms with Gasteiger partial charge in [-0.1, -0.05) is 18.2 Å². The van der Waals surface area contributed by atoms with Crippen LogP contribution in [0.3, 0.4) is 0 Å². The molecule has 6 heteroatoms. The lowest BCUT2D eigenvalue weighted by atomic mass is 9.95. The first-order valence-electron chi connectivity index (χ1n) is 7.65. The van der Waals surface area contributed by atoms with Crippen molar-refractivity contribution in [1.82, 2.24) is 15.4 Å². The van der Waals surface area contributed by atoms with Crippen LogP contribution in [0.1, 0.15) is 33.8 Å². The van der Waals surface area contributed by atoms with E-state index in [-0.39, 0.29) is 5.41 Å². The highest BCUT2D eigenvalue weighted by Crippen LogP contribution is 2.54. The van der Waals surface area contributed by atoms with Gasteiger partial charge in [-0.15, -0.1) is 11.3 Å². The zero-order chi connectivity index (χ0) is 16.6. The Kier molecular flexibility index (Phi) is 3.63. The molecule has 120 valence electrons. The van der Waals surface area contributed by atoms with Crippen LogP contribution in [0.5, 0.6) is 0 Å². The molecule has 0 saturated heterocycles. The van der Waals surface area contributed by atoms with E-state index in [0.29, 0.717) is 5.56 Å². The zero-order valence-electron chi connectivity index (χ0n) is 12.8. The van der Waals surface area contributed by atoms with Gasteiger partial charge in [0, 0.05) is 22.6 Å². The molecule has 1 saturated carbocycles. The highest BCUT2D eigenvalue weighted by atomic mass is 32.1. The van der Waals surface area contributed by atoms with E-state index in [1.807, 2.05) is 35.7 Å². The maximum atomic E-state index is 11.4. The third kappa shape index (κ3) is 2.50. The fraction of sp³-hybridized carbons (Fsp3) is 0.167. The number of nitrogens with zero attached hydrogens (tertiary/aromatic N) is 2. The predicted octanol–water partition coefficient (Wildman–Crippen LogP) is 3.40. The number of amides is 1. The lowest BCUT2D eigenvalue weighted by Gasteiger charge is -2.13. The fourth-order valence-corrected chi connectivity index (χ4v) is 3.98.